The van der Waals surface area contributed by atoms with E-state index in [-0.39, 0.29) is 11.4 Å². The Labute approximate surface area is 119 Å². The first kappa shape index (κ1) is 14.0. The molecule has 0 unspecified atom stereocenters. The topological polar surface area (TPSA) is 64.7 Å². The minimum atomic E-state index is -0.790. The summed E-state index contributed by atoms with van der Waals surface area (Å²) in [5.41, 5.74) is 6.27. The van der Waals surface area contributed by atoms with E-state index in [0.717, 1.165) is 6.07 Å². The van der Waals surface area contributed by atoms with Crippen LogP contribution >= 0.6 is 11.6 Å². The van der Waals surface area contributed by atoms with E-state index in [0.29, 0.717) is 10.6 Å². The smallest absolute Gasteiger partial charge is 0.365 e. The zero-order chi connectivity index (χ0) is 14.5. The molecule has 6 heteroatoms. The van der Waals surface area contributed by atoms with Crippen molar-refractivity contribution in [1.82, 2.24) is 0 Å². The molecule has 102 valence electrons. The van der Waals surface area contributed by atoms with Crippen LogP contribution in [0.4, 0.5) is 4.39 Å². The summed E-state index contributed by atoms with van der Waals surface area (Å²) in [5, 5.41) is 4.06. The van der Waals surface area contributed by atoms with Gasteiger partial charge in [0.15, 0.2) is 5.84 Å². The van der Waals surface area contributed by atoms with Crippen molar-refractivity contribution >= 4 is 23.4 Å². The Balaban J connectivity index is 2.08. The monoisotopic (exact) mass is 292 g/mol. The van der Waals surface area contributed by atoms with E-state index in [1.54, 1.807) is 24.3 Å². The van der Waals surface area contributed by atoms with Crippen LogP contribution in [0.2, 0.25) is 5.02 Å². The Morgan fingerprint density at radius 1 is 1.15 bits per heavy atom. The fraction of sp³-hybridized carbons (Fsp3) is 0. The molecule has 0 saturated carbocycles. The number of amidine groups is 1. The number of hydrogen-bond donors (Lipinski definition) is 1. The average molecular weight is 293 g/mol. The van der Waals surface area contributed by atoms with E-state index >= 15 is 0 Å². The van der Waals surface area contributed by atoms with E-state index in [1.165, 1.54) is 18.2 Å². The van der Waals surface area contributed by atoms with Gasteiger partial charge < -0.3 is 10.6 Å². The van der Waals surface area contributed by atoms with Gasteiger partial charge >= 0.3 is 5.97 Å². The third-order valence-corrected chi connectivity index (χ3v) is 2.68. The number of nitrogens with zero attached hydrogens (tertiary/aromatic N) is 1. The summed E-state index contributed by atoms with van der Waals surface area (Å²) in [6, 6.07) is 11.6. The summed E-state index contributed by atoms with van der Waals surface area (Å²) in [6.45, 7) is 0. The first-order valence-electron chi connectivity index (χ1n) is 5.62. The lowest BCUT2D eigenvalue weighted by molar-refractivity contribution is 0.0515. The van der Waals surface area contributed by atoms with Crippen LogP contribution in [0.3, 0.4) is 0 Å². The zero-order valence-electron chi connectivity index (χ0n) is 10.2. The Morgan fingerprint density at radius 3 is 2.50 bits per heavy atom. The van der Waals surface area contributed by atoms with Crippen LogP contribution in [0.15, 0.2) is 53.7 Å². The Bertz CT molecular complexity index is 656. The van der Waals surface area contributed by atoms with Gasteiger partial charge in [-0.25, -0.2) is 9.18 Å². The maximum Gasteiger partial charge on any atom is 0.365 e. The van der Waals surface area contributed by atoms with Crippen LogP contribution in [0.5, 0.6) is 0 Å². The van der Waals surface area contributed by atoms with Crippen molar-refractivity contribution in [2.24, 2.45) is 10.9 Å². The van der Waals surface area contributed by atoms with Crippen molar-refractivity contribution in [3.8, 4) is 0 Å². The highest BCUT2D eigenvalue weighted by molar-refractivity contribution is 6.30. The van der Waals surface area contributed by atoms with Crippen molar-refractivity contribution in [2.45, 2.75) is 0 Å². The molecule has 2 aromatic carbocycles. The van der Waals surface area contributed by atoms with Gasteiger partial charge in [0, 0.05) is 10.6 Å². The van der Waals surface area contributed by atoms with Gasteiger partial charge in [0.25, 0.3) is 0 Å². The van der Waals surface area contributed by atoms with Gasteiger partial charge in [0.2, 0.25) is 0 Å². The minimum Gasteiger partial charge on any atom is -0.380 e. The number of carbonyl (C=O) groups is 1. The molecule has 0 aliphatic heterocycles. The number of benzene rings is 2. The van der Waals surface area contributed by atoms with Gasteiger partial charge in [0.05, 0.1) is 5.56 Å². The highest BCUT2D eigenvalue weighted by Crippen LogP contribution is 2.10. The lowest BCUT2D eigenvalue weighted by atomic mass is 10.2. The molecular weight excluding hydrogens is 283 g/mol. The molecule has 0 saturated heterocycles. The van der Waals surface area contributed by atoms with Crippen molar-refractivity contribution in [3.05, 3.63) is 70.5 Å². The number of nitrogens with two attached hydrogens (primary N) is 1. The van der Waals surface area contributed by atoms with Crippen molar-refractivity contribution in [2.75, 3.05) is 0 Å². The van der Waals surface area contributed by atoms with Crippen molar-refractivity contribution < 1.29 is 14.0 Å². The molecule has 0 aliphatic rings. The molecule has 0 fully saturated rings. The fourth-order valence-corrected chi connectivity index (χ4v) is 1.56. The number of hydrogen-bond acceptors (Lipinski definition) is 3. The molecule has 4 nitrogen and oxygen atoms in total. The summed E-state index contributed by atoms with van der Waals surface area (Å²) in [5.74, 6) is -1.30. The van der Waals surface area contributed by atoms with E-state index in [2.05, 4.69) is 9.99 Å². The number of halogens is 2. The van der Waals surface area contributed by atoms with Crippen LogP contribution in [0.25, 0.3) is 0 Å². The summed E-state index contributed by atoms with van der Waals surface area (Å²) in [7, 11) is 0. The molecular formula is C14H10ClFN2O2. The summed E-state index contributed by atoms with van der Waals surface area (Å²) >= 11 is 5.74. The lowest BCUT2D eigenvalue weighted by Gasteiger charge is -2.01. The second-order valence-electron chi connectivity index (χ2n) is 3.87. The van der Waals surface area contributed by atoms with Gasteiger partial charge in [-0.05, 0) is 42.5 Å². The lowest BCUT2D eigenvalue weighted by Crippen LogP contribution is -2.15. The molecule has 0 amide bonds. The summed E-state index contributed by atoms with van der Waals surface area (Å²) in [4.78, 5) is 16.3. The maximum atomic E-state index is 12.9. The number of carbonyl (C=O) groups excluding carboxylic acids is 1. The molecule has 2 N–H and O–H groups in total. The third-order valence-electron chi connectivity index (χ3n) is 2.43. The summed E-state index contributed by atoms with van der Waals surface area (Å²) < 4.78 is 12.9. The van der Waals surface area contributed by atoms with Crippen LogP contribution in [0.1, 0.15) is 15.9 Å². The first-order valence-corrected chi connectivity index (χ1v) is 6.00. The van der Waals surface area contributed by atoms with Gasteiger partial charge in [-0.1, -0.05) is 22.8 Å². The van der Waals surface area contributed by atoms with Gasteiger partial charge in [-0.15, -0.1) is 0 Å². The first-order chi connectivity index (χ1) is 9.56. The van der Waals surface area contributed by atoms with Crippen LogP contribution < -0.4 is 5.73 Å². The number of oxime groups is 1. The second kappa shape index (κ2) is 6.16. The molecule has 0 atom stereocenters. The molecule has 2 aromatic rings. The third kappa shape index (κ3) is 3.55. The molecule has 0 spiro atoms. The van der Waals surface area contributed by atoms with E-state index < -0.39 is 11.8 Å². The Kier molecular flexibility index (Phi) is 4.32. The minimum absolute atomic E-state index is 0.0198. The van der Waals surface area contributed by atoms with Gasteiger partial charge in [0.1, 0.15) is 5.82 Å². The van der Waals surface area contributed by atoms with Crippen LogP contribution in [-0.2, 0) is 4.84 Å². The predicted molar refractivity (Wildman–Crippen MR) is 74.0 cm³/mol. The molecule has 20 heavy (non-hydrogen) atoms. The molecule has 2 rings (SSSR count). The van der Waals surface area contributed by atoms with E-state index in [4.69, 9.17) is 17.3 Å². The maximum absolute atomic E-state index is 12.9. The molecule has 0 aliphatic carbocycles. The quantitative estimate of drug-likeness (QED) is 0.409. The molecule has 0 bridgehead atoms. The largest absolute Gasteiger partial charge is 0.380 e. The molecule has 0 heterocycles. The fourth-order valence-electron chi connectivity index (χ4n) is 1.43. The van der Waals surface area contributed by atoms with Crippen molar-refractivity contribution in [1.29, 1.82) is 0 Å². The standard InChI is InChI=1S/C14H10ClFN2O2/c15-11-6-4-9(5-7-11)13(17)18-20-14(19)10-2-1-3-12(16)8-10/h1-8H,(H2,17,18). The Hall–Kier alpha value is -2.40. The normalized spacial score (nSPS) is 11.2. The highest BCUT2D eigenvalue weighted by atomic mass is 35.5. The van der Waals surface area contributed by atoms with Crippen molar-refractivity contribution in [3.63, 3.8) is 0 Å². The van der Waals surface area contributed by atoms with Crippen LogP contribution in [-0.4, -0.2) is 11.8 Å². The van der Waals surface area contributed by atoms with Gasteiger partial charge in [-0.3, -0.25) is 0 Å². The number of rotatable bonds is 3. The summed E-state index contributed by atoms with van der Waals surface area (Å²) in [6.07, 6.45) is 0. The average Bonchev–Trinajstić information content (AvgIpc) is 2.45. The van der Waals surface area contributed by atoms with E-state index in [1.807, 2.05) is 0 Å². The van der Waals surface area contributed by atoms with Gasteiger partial charge in [-0.2, -0.15) is 0 Å². The zero-order valence-corrected chi connectivity index (χ0v) is 11.0. The second-order valence-corrected chi connectivity index (χ2v) is 4.31. The van der Waals surface area contributed by atoms with Crippen LogP contribution in [0, 0.1) is 5.82 Å². The predicted octanol–water partition coefficient (Wildman–Crippen LogP) is 2.96. The SMILES string of the molecule is N/C(=N\OC(=O)c1cccc(F)c1)c1ccc(Cl)cc1. The Morgan fingerprint density at radius 2 is 1.85 bits per heavy atom. The molecule has 0 aromatic heterocycles. The van der Waals surface area contributed by atoms with E-state index in [9.17, 15) is 9.18 Å². The highest BCUT2D eigenvalue weighted by Gasteiger charge is 2.08. The molecule has 0 radical (unpaired) electrons.